The van der Waals surface area contributed by atoms with Crippen LogP contribution >= 0.6 is 23.2 Å². The summed E-state index contributed by atoms with van der Waals surface area (Å²) in [7, 11) is 0. The van der Waals surface area contributed by atoms with Crippen LogP contribution in [0.2, 0.25) is 10.0 Å². The molecule has 1 unspecified atom stereocenters. The predicted octanol–water partition coefficient (Wildman–Crippen LogP) is 6.35. The number of pyridine rings is 1. The minimum Gasteiger partial charge on any atom is -0.466 e. The summed E-state index contributed by atoms with van der Waals surface area (Å²) in [4.78, 5) is 19.7. The third-order valence-corrected chi connectivity index (χ3v) is 5.48. The van der Waals surface area contributed by atoms with Crippen molar-refractivity contribution in [1.29, 1.82) is 0 Å². The topological polar surface area (TPSA) is 51.7 Å². The number of benzene rings is 1. The van der Waals surface area contributed by atoms with E-state index >= 15 is 0 Å². The number of ether oxygens (including phenoxy) is 2. The highest BCUT2D eigenvalue weighted by Crippen LogP contribution is 2.35. The molecule has 1 amide bonds. The lowest BCUT2D eigenvalue weighted by Gasteiger charge is -2.35. The average molecular weight is 455 g/mol. The van der Waals surface area contributed by atoms with Crippen LogP contribution in [0.15, 0.2) is 85.0 Å². The van der Waals surface area contributed by atoms with E-state index in [9.17, 15) is 4.79 Å². The largest absolute Gasteiger partial charge is 0.466 e. The fourth-order valence-electron chi connectivity index (χ4n) is 3.63. The first-order valence-corrected chi connectivity index (χ1v) is 10.5. The summed E-state index contributed by atoms with van der Waals surface area (Å²) in [6.45, 7) is 1.85. The zero-order chi connectivity index (χ0) is 21.8. The summed E-state index contributed by atoms with van der Waals surface area (Å²) in [5.74, 6) is 0.262. The fourth-order valence-corrected chi connectivity index (χ4v) is 4.15. The molecule has 1 aliphatic carbocycles. The Morgan fingerprint density at radius 2 is 2.00 bits per heavy atom. The summed E-state index contributed by atoms with van der Waals surface area (Å²) in [6, 6.07) is 6.22. The van der Waals surface area contributed by atoms with Crippen LogP contribution in [0.4, 0.5) is 5.69 Å². The van der Waals surface area contributed by atoms with E-state index in [1.54, 1.807) is 41.6 Å². The molecule has 2 aromatic rings. The Balaban J connectivity index is 1.91. The zero-order valence-electron chi connectivity index (χ0n) is 16.8. The van der Waals surface area contributed by atoms with Gasteiger partial charge in [0.15, 0.2) is 5.76 Å². The Bertz CT molecular complexity index is 1100. The maximum absolute atomic E-state index is 13.9. The number of amides is 1. The number of allylic oxidation sites excluding steroid dienone is 3. The number of hydrogen-bond donors (Lipinski definition) is 0. The molecule has 0 radical (unpaired) electrons. The quantitative estimate of drug-likeness (QED) is 0.528. The van der Waals surface area contributed by atoms with Crippen molar-refractivity contribution in [2.45, 2.75) is 25.8 Å². The van der Waals surface area contributed by atoms with Crippen molar-refractivity contribution in [3.63, 3.8) is 0 Å². The number of carbonyl (C=O) groups excluding carboxylic acids is 1. The number of anilines is 1. The van der Waals surface area contributed by atoms with Crippen molar-refractivity contribution in [3.8, 4) is 0 Å². The van der Waals surface area contributed by atoms with Gasteiger partial charge in [0.2, 0.25) is 0 Å². The van der Waals surface area contributed by atoms with Crippen LogP contribution in [0.1, 0.15) is 28.8 Å². The minimum atomic E-state index is -0.551. The Labute approximate surface area is 190 Å². The number of aromatic nitrogens is 1. The van der Waals surface area contributed by atoms with E-state index in [0.29, 0.717) is 27.1 Å². The zero-order valence-corrected chi connectivity index (χ0v) is 18.3. The lowest BCUT2D eigenvalue weighted by atomic mass is 9.93. The first-order chi connectivity index (χ1) is 15.0. The molecule has 0 saturated heterocycles. The molecule has 0 N–H and O–H groups in total. The number of rotatable bonds is 5. The van der Waals surface area contributed by atoms with Crippen LogP contribution in [-0.2, 0) is 9.47 Å². The second kappa shape index (κ2) is 9.41. The summed E-state index contributed by atoms with van der Waals surface area (Å²) >= 11 is 12.6. The Morgan fingerprint density at radius 1 is 1.19 bits per heavy atom. The van der Waals surface area contributed by atoms with Gasteiger partial charge < -0.3 is 9.47 Å². The molecule has 2 heterocycles. The molecule has 1 aromatic heterocycles. The molecule has 7 heteroatoms. The van der Waals surface area contributed by atoms with E-state index in [-0.39, 0.29) is 5.91 Å². The lowest BCUT2D eigenvalue weighted by molar-refractivity contribution is 0.0974. The lowest BCUT2D eigenvalue weighted by Crippen LogP contribution is -2.44. The van der Waals surface area contributed by atoms with Crippen molar-refractivity contribution in [2.24, 2.45) is 0 Å². The van der Waals surface area contributed by atoms with Crippen molar-refractivity contribution in [1.82, 2.24) is 4.98 Å². The molecule has 1 atom stereocenters. The van der Waals surface area contributed by atoms with E-state index in [0.717, 1.165) is 24.0 Å². The maximum Gasteiger partial charge on any atom is 0.259 e. The first kappa shape index (κ1) is 21.2. The monoisotopic (exact) mass is 454 g/mol. The van der Waals surface area contributed by atoms with Crippen LogP contribution < -0.4 is 4.90 Å². The van der Waals surface area contributed by atoms with Gasteiger partial charge in [-0.1, -0.05) is 41.4 Å². The molecule has 4 rings (SSSR count). The van der Waals surface area contributed by atoms with E-state index in [2.05, 4.69) is 11.1 Å². The Hall–Kier alpha value is -3.02. The van der Waals surface area contributed by atoms with Crippen molar-refractivity contribution >= 4 is 34.8 Å². The smallest absolute Gasteiger partial charge is 0.259 e. The molecule has 0 fully saturated rings. The number of carbonyl (C=O) groups is 1. The normalized spacial score (nSPS) is 16.0. The molecular weight excluding hydrogens is 435 g/mol. The van der Waals surface area contributed by atoms with Gasteiger partial charge in [0, 0.05) is 33.7 Å². The molecule has 2 aliphatic rings. The average Bonchev–Trinajstić information content (AvgIpc) is 2.78. The molecule has 5 nitrogen and oxygen atoms in total. The summed E-state index contributed by atoms with van der Waals surface area (Å²) < 4.78 is 11.2. The van der Waals surface area contributed by atoms with E-state index in [1.807, 2.05) is 19.1 Å². The van der Waals surface area contributed by atoms with Crippen molar-refractivity contribution in [3.05, 3.63) is 106 Å². The number of halogens is 2. The van der Waals surface area contributed by atoms with Crippen molar-refractivity contribution < 1.29 is 14.3 Å². The number of nitrogens with zero attached hydrogens (tertiary/aromatic N) is 2. The number of aryl methyl sites for hydroxylation is 1. The van der Waals surface area contributed by atoms with Gasteiger partial charge in [-0.25, -0.2) is 0 Å². The first-order valence-electron chi connectivity index (χ1n) is 9.77. The predicted molar refractivity (Wildman–Crippen MR) is 122 cm³/mol. The molecule has 158 valence electrons. The second-order valence-electron chi connectivity index (χ2n) is 7.15. The third kappa shape index (κ3) is 4.68. The second-order valence-corrected chi connectivity index (χ2v) is 8.02. The maximum atomic E-state index is 13.9. The van der Waals surface area contributed by atoms with Gasteiger partial charge in [-0.2, -0.15) is 0 Å². The standard InChI is InChI=1S/C24H20Cl2N2O3/c1-16-14-27-8-7-21(16)24(29)28(20-12-18(25)11-19(26)13-20)23(17-5-3-2-4-6-17)22-15-30-9-10-31-22/h2-3,5,7-15,23H,4,6H2,1H3. The molecular formula is C24H20Cl2N2O3. The van der Waals surface area contributed by atoms with Gasteiger partial charge in [-0.05, 0) is 55.2 Å². The molecule has 1 aromatic carbocycles. The van der Waals surface area contributed by atoms with Gasteiger partial charge in [-0.15, -0.1) is 0 Å². The molecule has 0 bridgehead atoms. The molecule has 0 saturated carbocycles. The van der Waals surface area contributed by atoms with Crippen LogP contribution in [0.3, 0.4) is 0 Å². The minimum absolute atomic E-state index is 0.224. The highest BCUT2D eigenvalue weighted by molar-refractivity contribution is 6.35. The summed E-state index contributed by atoms with van der Waals surface area (Å²) in [5.41, 5.74) is 2.84. The fraction of sp³-hybridized carbons (Fsp3) is 0.167. The molecule has 31 heavy (non-hydrogen) atoms. The molecule has 0 spiro atoms. The van der Waals surface area contributed by atoms with E-state index in [1.165, 1.54) is 18.8 Å². The van der Waals surface area contributed by atoms with Crippen molar-refractivity contribution in [2.75, 3.05) is 4.90 Å². The van der Waals surface area contributed by atoms with Gasteiger partial charge in [0.1, 0.15) is 24.8 Å². The SMILES string of the molecule is Cc1cnccc1C(=O)N(c1cc(Cl)cc(Cl)c1)C(C1=CC=CCC1)C1=COC=CO1. The van der Waals surface area contributed by atoms with Gasteiger partial charge >= 0.3 is 0 Å². The van der Waals surface area contributed by atoms with Crippen LogP contribution in [-0.4, -0.2) is 16.9 Å². The number of hydrogen-bond acceptors (Lipinski definition) is 4. The third-order valence-electron chi connectivity index (χ3n) is 5.04. The van der Waals surface area contributed by atoms with Gasteiger partial charge in [-0.3, -0.25) is 14.7 Å². The van der Waals surface area contributed by atoms with Crippen LogP contribution in [0.25, 0.3) is 0 Å². The molecule has 1 aliphatic heterocycles. The summed E-state index contributed by atoms with van der Waals surface area (Å²) in [6.07, 6.45) is 15.4. The van der Waals surface area contributed by atoms with Gasteiger partial charge in [0.05, 0.1) is 0 Å². The highest BCUT2D eigenvalue weighted by Gasteiger charge is 2.35. The Kier molecular flexibility index (Phi) is 6.44. The highest BCUT2D eigenvalue weighted by atomic mass is 35.5. The van der Waals surface area contributed by atoms with Gasteiger partial charge in [0.25, 0.3) is 5.91 Å². The Morgan fingerprint density at radius 3 is 2.65 bits per heavy atom. The summed E-state index contributed by atoms with van der Waals surface area (Å²) in [5, 5.41) is 0.857. The van der Waals surface area contributed by atoms with E-state index in [4.69, 9.17) is 32.7 Å². The van der Waals surface area contributed by atoms with Crippen LogP contribution in [0.5, 0.6) is 0 Å². The van der Waals surface area contributed by atoms with Crippen LogP contribution in [0, 0.1) is 6.92 Å². The van der Waals surface area contributed by atoms with E-state index < -0.39 is 6.04 Å².